The van der Waals surface area contributed by atoms with E-state index in [1.54, 1.807) is 36.4 Å². The second kappa shape index (κ2) is 7.43. The highest BCUT2D eigenvalue weighted by Crippen LogP contribution is 2.15. The second-order valence-electron chi connectivity index (χ2n) is 4.74. The third kappa shape index (κ3) is 4.56. The first-order valence-corrected chi connectivity index (χ1v) is 7.15. The van der Waals surface area contributed by atoms with Crippen LogP contribution < -0.4 is 5.32 Å². The Labute approximate surface area is 138 Å². The molecule has 2 rings (SSSR count). The van der Waals surface area contributed by atoms with Crippen LogP contribution in [0.4, 0.5) is 5.69 Å². The van der Waals surface area contributed by atoms with Gasteiger partial charge in [0.1, 0.15) is 0 Å². The zero-order valence-corrected chi connectivity index (χ0v) is 13.0. The quantitative estimate of drug-likeness (QED) is 0.872. The van der Waals surface area contributed by atoms with Gasteiger partial charge in [0.05, 0.1) is 17.2 Å². The lowest BCUT2D eigenvalue weighted by Crippen LogP contribution is -2.30. The van der Waals surface area contributed by atoms with Gasteiger partial charge in [-0.3, -0.25) is 4.79 Å². The molecular formula is C17H13ClN2O3. The van der Waals surface area contributed by atoms with Crippen LogP contribution in [0.3, 0.4) is 0 Å². The molecule has 1 amide bonds. The molecule has 0 heterocycles. The van der Waals surface area contributed by atoms with Gasteiger partial charge in [-0.1, -0.05) is 23.7 Å². The van der Waals surface area contributed by atoms with Crippen molar-refractivity contribution in [3.63, 3.8) is 0 Å². The molecule has 0 aliphatic carbocycles. The maximum atomic E-state index is 12.0. The molecule has 6 heteroatoms. The number of halogens is 1. The molecular weight excluding hydrogens is 316 g/mol. The van der Waals surface area contributed by atoms with E-state index in [-0.39, 0.29) is 5.56 Å². The molecule has 0 aromatic heterocycles. The van der Waals surface area contributed by atoms with Gasteiger partial charge in [0.2, 0.25) is 0 Å². The van der Waals surface area contributed by atoms with Gasteiger partial charge >= 0.3 is 5.97 Å². The van der Waals surface area contributed by atoms with E-state index in [1.165, 1.54) is 19.1 Å². The van der Waals surface area contributed by atoms with Crippen LogP contribution in [0.25, 0.3) is 0 Å². The standard InChI is InChI=1S/C17H13ClN2O3/c1-11(16(21)20-15-7-3-6-14(18)9-15)23-17(22)13-5-2-4-12(8-13)10-19/h2-9,11H,1H3,(H,20,21)/t11-/m0/s1. The van der Waals surface area contributed by atoms with Gasteiger partial charge < -0.3 is 10.1 Å². The summed E-state index contributed by atoms with van der Waals surface area (Å²) in [4.78, 5) is 24.0. The van der Waals surface area contributed by atoms with Gasteiger partial charge in [0.15, 0.2) is 6.10 Å². The van der Waals surface area contributed by atoms with E-state index in [0.29, 0.717) is 16.3 Å². The van der Waals surface area contributed by atoms with Crippen molar-refractivity contribution < 1.29 is 14.3 Å². The first kappa shape index (κ1) is 16.5. The summed E-state index contributed by atoms with van der Waals surface area (Å²) in [5.74, 6) is -1.15. The van der Waals surface area contributed by atoms with Crippen LogP contribution >= 0.6 is 11.6 Å². The van der Waals surface area contributed by atoms with Crippen LogP contribution in [-0.4, -0.2) is 18.0 Å². The molecule has 116 valence electrons. The van der Waals surface area contributed by atoms with E-state index in [0.717, 1.165) is 0 Å². The fourth-order valence-corrected chi connectivity index (χ4v) is 2.00. The number of nitriles is 1. The largest absolute Gasteiger partial charge is 0.449 e. The Morgan fingerprint density at radius 1 is 1.22 bits per heavy atom. The van der Waals surface area contributed by atoms with Crippen molar-refractivity contribution in [2.75, 3.05) is 5.32 Å². The molecule has 0 saturated carbocycles. The van der Waals surface area contributed by atoms with Crippen LogP contribution in [-0.2, 0) is 9.53 Å². The number of anilines is 1. The first-order chi connectivity index (χ1) is 11.0. The van der Waals surface area contributed by atoms with Crippen molar-refractivity contribution in [3.8, 4) is 6.07 Å². The molecule has 1 N–H and O–H groups in total. The normalized spacial score (nSPS) is 11.2. The van der Waals surface area contributed by atoms with Crippen LogP contribution in [0.5, 0.6) is 0 Å². The Morgan fingerprint density at radius 2 is 1.96 bits per heavy atom. The van der Waals surface area contributed by atoms with Gasteiger partial charge in [-0.2, -0.15) is 5.26 Å². The fourth-order valence-electron chi connectivity index (χ4n) is 1.81. The molecule has 0 spiro atoms. The number of benzene rings is 2. The summed E-state index contributed by atoms with van der Waals surface area (Å²) >= 11 is 5.84. The molecule has 0 bridgehead atoms. The molecule has 23 heavy (non-hydrogen) atoms. The predicted molar refractivity (Wildman–Crippen MR) is 86.1 cm³/mol. The average molecular weight is 329 g/mol. The number of esters is 1. The van der Waals surface area contributed by atoms with Crippen molar-refractivity contribution in [3.05, 3.63) is 64.7 Å². The van der Waals surface area contributed by atoms with Crippen LogP contribution in [0.15, 0.2) is 48.5 Å². The zero-order chi connectivity index (χ0) is 16.8. The highest BCUT2D eigenvalue weighted by molar-refractivity contribution is 6.30. The minimum atomic E-state index is -0.993. The molecule has 0 aliphatic rings. The number of amides is 1. The van der Waals surface area contributed by atoms with E-state index in [2.05, 4.69) is 5.32 Å². The zero-order valence-electron chi connectivity index (χ0n) is 12.2. The molecule has 0 aliphatic heterocycles. The Hall–Kier alpha value is -2.84. The third-order valence-corrected chi connectivity index (χ3v) is 3.21. The lowest BCUT2D eigenvalue weighted by atomic mass is 10.1. The second-order valence-corrected chi connectivity index (χ2v) is 5.18. The van der Waals surface area contributed by atoms with Crippen molar-refractivity contribution >= 4 is 29.2 Å². The summed E-state index contributed by atoms with van der Waals surface area (Å²) in [6.07, 6.45) is -0.993. The number of hydrogen-bond acceptors (Lipinski definition) is 4. The Bertz CT molecular complexity index is 783. The summed E-state index contributed by atoms with van der Waals surface area (Å²) in [5, 5.41) is 11.9. The SMILES string of the molecule is C[C@H](OC(=O)c1cccc(C#N)c1)C(=O)Nc1cccc(Cl)c1. The van der Waals surface area contributed by atoms with Crippen molar-refractivity contribution in [2.45, 2.75) is 13.0 Å². The predicted octanol–water partition coefficient (Wildman–Crippen LogP) is 3.40. The summed E-state index contributed by atoms with van der Waals surface area (Å²) in [7, 11) is 0. The monoisotopic (exact) mass is 328 g/mol. The Morgan fingerprint density at radius 3 is 2.65 bits per heavy atom. The van der Waals surface area contributed by atoms with Gasteiger partial charge in [0, 0.05) is 10.7 Å². The maximum Gasteiger partial charge on any atom is 0.338 e. The molecule has 5 nitrogen and oxygen atoms in total. The number of carbonyl (C=O) groups excluding carboxylic acids is 2. The molecule has 2 aromatic carbocycles. The fraction of sp³-hybridized carbons (Fsp3) is 0.118. The Kier molecular flexibility index (Phi) is 5.34. The number of hydrogen-bond donors (Lipinski definition) is 1. The minimum Gasteiger partial charge on any atom is -0.449 e. The van der Waals surface area contributed by atoms with Gasteiger partial charge in [-0.05, 0) is 43.3 Å². The number of rotatable bonds is 4. The highest BCUT2D eigenvalue weighted by Gasteiger charge is 2.19. The summed E-state index contributed by atoms with van der Waals surface area (Å²) < 4.78 is 5.11. The number of ether oxygens (including phenoxy) is 1. The van der Waals surface area contributed by atoms with Gasteiger partial charge in [-0.15, -0.1) is 0 Å². The van der Waals surface area contributed by atoms with Crippen LogP contribution in [0.2, 0.25) is 5.02 Å². The summed E-state index contributed by atoms with van der Waals surface area (Å²) in [5.41, 5.74) is 1.07. The molecule has 1 atom stereocenters. The van der Waals surface area contributed by atoms with E-state index in [1.807, 2.05) is 6.07 Å². The van der Waals surface area contributed by atoms with Crippen LogP contribution in [0, 0.1) is 11.3 Å². The van der Waals surface area contributed by atoms with Crippen molar-refractivity contribution in [1.29, 1.82) is 5.26 Å². The summed E-state index contributed by atoms with van der Waals surface area (Å²) in [6.45, 7) is 1.46. The molecule has 0 fully saturated rings. The molecule has 0 saturated heterocycles. The summed E-state index contributed by atoms with van der Waals surface area (Å²) in [6, 6.07) is 14.7. The van der Waals surface area contributed by atoms with E-state index < -0.39 is 18.0 Å². The van der Waals surface area contributed by atoms with E-state index >= 15 is 0 Å². The van der Waals surface area contributed by atoms with E-state index in [4.69, 9.17) is 21.6 Å². The lowest BCUT2D eigenvalue weighted by molar-refractivity contribution is -0.123. The van der Waals surface area contributed by atoms with Gasteiger partial charge in [0.25, 0.3) is 5.91 Å². The average Bonchev–Trinajstić information content (AvgIpc) is 2.54. The van der Waals surface area contributed by atoms with Crippen molar-refractivity contribution in [1.82, 2.24) is 0 Å². The number of nitrogens with zero attached hydrogens (tertiary/aromatic N) is 1. The number of nitrogens with one attached hydrogen (secondary N) is 1. The lowest BCUT2D eigenvalue weighted by Gasteiger charge is -2.13. The topological polar surface area (TPSA) is 79.2 Å². The minimum absolute atomic E-state index is 0.214. The highest BCUT2D eigenvalue weighted by atomic mass is 35.5. The molecule has 2 aromatic rings. The third-order valence-electron chi connectivity index (χ3n) is 2.97. The smallest absolute Gasteiger partial charge is 0.338 e. The van der Waals surface area contributed by atoms with E-state index in [9.17, 15) is 9.59 Å². The Balaban J connectivity index is 2.00. The first-order valence-electron chi connectivity index (χ1n) is 6.77. The van der Waals surface area contributed by atoms with Gasteiger partial charge in [-0.25, -0.2) is 4.79 Å². The number of carbonyl (C=O) groups is 2. The van der Waals surface area contributed by atoms with Crippen LogP contribution in [0.1, 0.15) is 22.8 Å². The molecule has 0 radical (unpaired) electrons. The maximum absolute atomic E-state index is 12.0. The molecule has 0 unspecified atom stereocenters. The van der Waals surface area contributed by atoms with Crippen molar-refractivity contribution in [2.24, 2.45) is 0 Å².